The first-order valence-corrected chi connectivity index (χ1v) is 9.01. The van der Waals surface area contributed by atoms with E-state index in [1.165, 1.54) is 12.6 Å². The third-order valence-electron chi connectivity index (χ3n) is 3.34. The number of unbranched alkanes of at least 4 members (excludes halogenated alkanes) is 1. The summed E-state index contributed by atoms with van der Waals surface area (Å²) in [4.78, 5) is 10.6. The van der Waals surface area contributed by atoms with Crippen molar-refractivity contribution in [1.29, 1.82) is 4.78 Å². The Morgan fingerprint density at radius 2 is 2.10 bits per heavy atom. The van der Waals surface area contributed by atoms with E-state index in [1.807, 2.05) is 25.9 Å². The number of nitrogens with zero attached hydrogens (tertiary/aromatic N) is 5. The molecule has 0 aliphatic heterocycles. The maximum atomic E-state index is 11.4. The molecule has 2 heterocycles. The molecule has 0 bridgehead atoms. The van der Waals surface area contributed by atoms with Gasteiger partial charge in [0.05, 0.1) is 0 Å². The molecule has 8 heteroatoms. The zero-order valence-corrected chi connectivity index (χ0v) is 13.8. The second-order valence-corrected chi connectivity index (χ2v) is 7.95. The highest BCUT2D eigenvalue weighted by Crippen LogP contribution is 2.23. The van der Waals surface area contributed by atoms with Crippen LogP contribution in [0.25, 0.3) is 5.78 Å². The average molecular weight is 310 g/mol. The summed E-state index contributed by atoms with van der Waals surface area (Å²) in [6, 6.07) is 0. The van der Waals surface area contributed by atoms with Crippen LogP contribution in [0.4, 0.5) is 5.82 Å². The van der Waals surface area contributed by atoms with E-state index in [9.17, 15) is 4.21 Å². The topological polar surface area (TPSA) is 87.2 Å². The first kappa shape index (κ1) is 15.7. The van der Waals surface area contributed by atoms with Gasteiger partial charge in [0, 0.05) is 47.1 Å². The van der Waals surface area contributed by atoms with Crippen LogP contribution in [-0.4, -0.2) is 49.9 Å². The zero-order valence-electron chi connectivity index (χ0n) is 13.0. The van der Waals surface area contributed by atoms with Gasteiger partial charge in [0.1, 0.15) is 12.1 Å². The Morgan fingerprint density at radius 1 is 1.38 bits per heavy atom. The molecule has 0 saturated carbocycles. The van der Waals surface area contributed by atoms with Crippen molar-refractivity contribution in [1.82, 2.24) is 19.6 Å². The smallest absolute Gasteiger partial charge is 0.254 e. The lowest BCUT2D eigenvalue weighted by molar-refractivity contribution is 0.672. The van der Waals surface area contributed by atoms with E-state index in [2.05, 4.69) is 15.1 Å². The fraction of sp³-hybridized carbons (Fsp3) is 0.615. The summed E-state index contributed by atoms with van der Waals surface area (Å²) in [6.07, 6.45) is 5.49. The van der Waals surface area contributed by atoms with E-state index in [-0.39, 0.29) is 0 Å². The number of rotatable bonds is 6. The van der Waals surface area contributed by atoms with Crippen molar-refractivity contribution in [3.63, 3.8) is 0 Å². The molecule has 7 nitrogen and oxygen atoms in total. The number of hydrogen-bond acceptors (Lipinski definition) is 6. The molecule has 0 aliphatic rings. The van der Waals surface area contributed by atoms with Gasteiger partial charge in [-0.3, -0.25) is 8.99 Å². The molecule has 21 heavy (non-hydrogen) atoms. The lowest BCUT2D eigenvalue weighted by Gasteiger charge is -2.19. The third-order valence-corrected chi connectivity index (χ3v) is 4.41. The van der Waals surface area contributed by atoms with Crippen LogP contribution >= 0.6 is 0 Å². The maximum Gasteiger partial charge on any atom is 0.254 e. The SMILES string of the molecule is Cc1nc2ncnn2c(N(C)C)c1CCCCS(C)(=N)=O. The minimum Gasteiger partial charge on any atom is -0.362 e. The third kappa shape index (κ3) is 3.69. The molecule has 0 spiro atoms. The van der Waals surface area contributed by atoms with Gasteiger partial charge in [-0.15, -0.1) is 0 Å². The average Bonchev–Trinajstić information content (AvgIpc) is 2.80. The molecule has 2 aromatic heterocycles. The fourth-order valence-corrected chi connectivity index (χ4v) is 3.15. The maximum absolute atomic E-state index is 11.4. The Balaban J connectivity index is 2.25. The summed E-state index contributed by atoms with van der Waals surface area (Å²) in [5, 5.41) is 4.23. The predicted molar refractivity (Wildman–Crippen MR) is 84.4 cm³/mol. The number of fused-ring (bicyclic) bond motifs is 1. The van der Waals surface area contributed by atoms with Crippen LogP contribution in [-0.2, 0) is 16.1 Å². The summed E-state index contributed by atoms with van der Waals surface area (Å²) in [7, 11) is 1.55. The van der Waals surface area contributed by atoms with Gasteiger partial charge in [0.2, 0.25) is 0 Å². The van der Waals surface area contributed by atoms with Crippen molar-refractivity contribution in [3.8, 4) is 0 Å². The van der Waals surface area contributed by atoms with E-state index in [0.29, 0.717) is 11.5 Å². The number of anilines is 1. The van der Waals surface area contributed by atoms with E-state index < -0.39 is 9.73 Å². The molecule has 1 N–H and O–H groups in total. The summed E-state index contributed by atoms with van der Waals surface area (Å²) >= 11 is 0. The Kier molecular flexibility index (Phi) is 4.46. The van der Waals surface area contributed by atoms with Crippen LogP contribution in [0.1, 0.15) is 24.1 Å². The Hall–Kier alpha value is -1.70. The van der Waals surface area contributed by atoms with E-state index in [4.69, 9.17) is 4.78 Å². The molecule has 116 valence electrons. The minimum atomic E-state index is -2.39. The van der Waals surface area contributed by atoms with Crippen LogP contribution in [0.15, 0.2) is 6.33 Å². The van der Waals surface area contributed by atoms with Crippen LogP contribution in [0.3, 0.4) is 0 Å². The van der Waals surface area contributed by atoms with Gasteiger partial charge >= 0.3 is 0 Å². The molecular formula is C13H22N6OS. The highest BCUT2D eigenvalue weighted by Gasteiger charge is 2.15. The molecule has 2 rings (SSSR count). The summed E-state index contributed by atoms with van der Waals surface area (Å²) in [5.41, 5.74) is 2.08. The molecule has 2 aromatic rings. The molecule has 0 saturated heterocycles. The van der Waals surface area contributed by atoms with Gasteiger partial charge in [0.15, 0.2) is 0 Å². The molecule has 1 atom stereocenters. The van der Waals surface area contributed by atoms with Crippen LogP contribution < -0.4 is 4.90 Å². The van der Waals surface area contributed by atoms with E-state index in [0.717, 1.165) is 36.3 Å². The van der Waals surface area contributed by atoms with Crippen molar-refractivity contribution >= 4 is 21.3 Å². The Morgan fingerprint density at radius 3 is 2.71 bits per heavy atom. The Labute approximate surface area is 125 Å². The second kappa shape index (κ2) is 5.97. The zero-order chi connectivity index (χ0) is 15.6. The van der Waals surface area contributed by atoms with Gasteiger partial charge in [0.25, 0.3) is 5.78 Å². The van der Waals surface area contributed by atoms with Crippen molar-refractivity contribution in [2.45, 2.75) is 26.2 Å². The fourth-order valence-electron chi connectivity index (χ4n) is 2.40. The number of aryl methyl sites for hydroxylation is 1. The molecule has 0 amide bonds. The highest BCUT2D eigenvalue weighted by atomic mass is 32.2. The minimum absolute atomic E-state index is 0.447. The van der Waals surface area contributed by atoms with Gasteiger partial charge in [-0.05, 0) is 26.2 Å². The Bertz CT molecular complexity index is 734. The standard InChI is InChI=1S/C13H22N6OS/c1-10-11(7-5-6-8-21(4,14)20)12(18(2)3)19-13(17-10)15-9-16-19/h9,14H,5-8H2,1-4H3. The summed E-state index contributed by atoms with van der Waals surface area (Å²) in [5.74, 6) is 2.03. The first-order valence-electron chi connectivity index (χ1n) is 6.87. The van der Waals surface area contributed by atoms with Crippen molar-refractivity contribution < 1.29 is 4.21 Å². The lowest BCUT2D eigenvalue weighted by Crippen LogP contribution is -2.18. The van der Waals surface area contributed by atoms with Crippen LogP contribution in [0.5, 0.6) is 0 Å². The van der Waals surface area contributed by atoms with Crippen molar-refractivity contribution in [2.24, 2.45) is 0 Å². The van der Waals surface area contributed by atoms with E-state index >= 15 is 0 Å². The molecule has 0 aliphatic carbocycles. The van der Waals surface area contributed by atoms with Gasteiger partial charge in [-0.1, -0.05) is 0 Å². The normalized spacial score (nSPS) is 14.3. The monoisotopic (exact) mass is 310 g/mol. The van der Waals surface area contributed by atoms with Crippen LogP contribution in [0, 0.1) is 11.7 Å². The van der Waals surface area contributed by atoms with Gasteiger partial charge < -0.3 is 4.90 Å². The quantitative estimate of drug-likeness (QED) is 0.817. The lowest BCUT2D eigenvalue weighted by atomic mass is 10.1. The largest absolute Gasteiger partial charge is 0.362 e. The van der Waals surface area contributed by atoms with Crippen molar-refractivity contribution in [3.05, 3.63) is 17.6 Å². The van der Waals surface area contributed by atoms with Crippen molar-refractivity contribution in [2.75, 3.05) is 31.0 Å². The number of hydrogen-bond donors (Lipinski definition) is 1. The summed E-state index contributed by atoms with van der Waals surface area (Å²) in [6.45, 7) is 1.98. The molecular weight excluding hydrogens is 288 g/mol. The predicted octanol–water partition coefficient (Wildman–Crippen LogP) is 1.50. The molecule has 0 fully saturated rings. The van der Waals surface area contributed by atoms with Gasteiger partial charge in [-0.2, -0.15) is 14.6 Å². The molecule has 0 aromatic carbocycles. The van der Waals surface area contributed by atoms with Gasteiger partial charge in [-0.25, -0.2) is 4.98 Å². The number of aromatic nitrogens is 4. The van der Waals surface area contributed by atoms with E-state index in [1.54, 1.807) is 4.52 Å². The molecule has 0 radical (unpaired) electrons. The first-order chi connectivity index (χ1) is 9.79. The summed E-state index contributed by atoms with van der Waals surface area (Å²) < 4.78 is 20.6. The number of nitrogens with one attached hydrogen (secondary N) is 1. The highest BCUT2D eigenvalue weighted by molar-refractivity contribution is 7.91. The van der Waals surface area contributed by atoms with Crippen LogP contribution in [0.2, 0.25) is 0 Å². The second-order valence-electron chi connectivity index (χ2n) is 5.53. The molecule has 1 unspecified atom stereocenters.